The Morgan fingerprint density at radius 3 is 2.17 bits per heavy atom. The lowest BCUT2D eigenvalue weighted by molar-refractivity contribution is 0.413. The van der Waals surface area contributed by atoms with E-state index in [-0.39, 0.29) is 6.04 Å². The Hall–Kier alpha value is -2.07. The summed E-state index contributed by atoms with van der Waals surface area (Å²) in [6.07, 6.45) is 1.04. The fraction of sp³-hybridized carbons (Fsp3) is 0.350. The molecule has 0 unspecified atom stereocenters. The van der Waals surface area contributed by atoms with E-state index in [2.05, 4.69) is 67.8 Å². The van der Waals surface area contributed by atoms with Gasteiger partial charge >= 0.3 is 0 Å². The van der Waals surface area contributed by atoms with Crippen molar-refractivity contribution in [2.75, 3.05) is 12.4 Å². The van der Waals surface area contributed by atoms with E-state index in [4.69, 9.17) is 17.0 Å². The number of hydrogen-bond donors (Lipinski definition) is 2. The van der Waals surface area contributed by atoms with Gasteiger partial charge in [-0.1, -0.05) is 45.0 Å². The van der Waals surface area contributed by atoms with Crippen molar-refractivity contribution in [2.45, 2.75) is 33.2 Å². The average molecular weight is 343 g/mol. The molecule has 24 heavy (non-hydrogen) atoms. The minimum absolute atomic E-state index is 0.144. The Labute approximate surface area is 150 Å². The number of hydrogen-bond acceptors (Lipinski definition) is 2. The maximum absolute atomic E-state index is 5.49. The van der Waals surface area contributed by atoms with Crippen molar-refractivity contribution in [2.24, 2.45) is 5.92 Å². The topological polar surface area (TPSA) is 33.3 Å². The Bertz CT molecular complexity index is 650. The number of ether oxygens (including phenoxy) is 1. The van der Waals surface area contributed by atoms with E-state index >= 15 is 0 Å². The summed E-state index contributed by atoms with van der Waals surface area (Å²) in [4.78, 5) is 0. The van der Waals surface area contributed by atoms with Crippen LogP contribution in [0, 0.1) is 5.92 Å². The van der Waals surface area contributed by atoms with Crippen LogP contribution in [0.5, 0.6) is 5.75 Å². The molecule has 3 nitrogen and oxygen atoms in total. The molecule has 2 aromatic rings. The lowest BCUT2D eigenvalue weighted by Gasteiger charge is -2.25. The molecule has 0 aromatic heterocycles. The van der Waals surface area contributed by atoms with Crippen LogP contribution in [0.3, 0.4) is 0 Å². The van der Waals surface area contributed by atoms with Crippen LogP contribution >= 0.6 is 12.2 Å². The summed E-state index contributed by atoms with van der Waals surface area (Å²) in [5.74, 6) is 1.26. The van der Waals surface area contributed by atoms with Gasteiger partial charge in [0, 0.05) is 5.69 Å². The van der Waals surface area contributed by atoms with Crippen molar-refractivity contribution in [3.63, 3.8) is 0 Å². The van der Waals surface area contributed by atoms with E-state index in [1.807, 2.05) is 12.1 Å². The van der Waals surface area contributed by atoms with Crippen LogP contribution in [-0.2, 0) is 6.42 Å². The van der Waals surface area contributed by atoms with Gasteiger partial charge in [-0.3, -0.25) is 0 Å². The number of methoxy groups -OCH3 is 1. The SMILES string of the molecule is CCc1ccc(NC(=S)N[C@@H](c2ccc(OC)cc2)C(C)C)cc1. The minimum atomic E-state index is 0.144. The number of benzene rings is 2. The van der Waals surface area contributed by atoms with E-state index in [1.165, 1.54) is 11.1 Å². The normalized spacial score (nSPS) is 11.9. The minimum Gasteiger partial charge on any atom is -0.497 e. The van der Waals surface area contributed by atoms with E-state index in [0.717, 1.165) is 17.9 Å². The predicted molar refractivity (Wildman–Crippen MR) is 106 cm³/mol. The molecule has 0 aliphatic carbocycles. The average Bonchev–Trinajstić information content (AvgIpc) is 2.60. The van der Waals surface area contributed by atoms with Crippen LogP contribution in [0.25, 0.3) is 0 Å². The summed E-state index contributed by atoms with van der Waals surface area (Å²) < 4.78 is 5.23. The van der Waals surface area contributed by atoms with Gasteiger partial charge in [-0.2, -0.15) is 0 Å². The molecule has 0 aliphatic heterocycles. The van der Waals surface area contributed by atoms with E-state index in [1.54, 1.807) is 7.11 Å². The van der Waals surface area contributed by atoms with Gasteiger partial charge in [0.25, 0.3) is 0 Å². The smallest absolute Gasteiger partial charge is 0.171 e. The van der Waals surface area contributed by atoms with Crippen molar-refractivity contribution in [3.8, 4) is 5.75 Å². The summed E-state index contributed by atoms with van der Waals surface area (Å²) in [6.45, 7) is 6.51. The molecular weight excluding hydrogens is 316 g/mol. The molecule has 128 valence electrons. The predicted octanol–water partition coefficient (Wildman–Crippen LogP) is 4.94. The van der Waals surface area contributed by atoms with Gasteiger partial charge in [-0.05, 0) is 59.9 Å². The summed E-state index contributed by atoms with van der Waals surface area (Å²) in [6, 6.07) is 16.6. The van der Waals surface area contributed by atoms with Crippen LogP contribution in [0.4, 0.5) is 5.69 Å². The molecule has 2 rings (SSSR count). The molecule has 0 aliphatic rings. The second kappa shape index (κ2) is 8.69. The van der Waals surface area contributed by atoms with E-state index in [0.29, 0.717) is 11.0 Å². The van der Waals surface area contributed by atoms with Gasteiger partial charge in [0.1, 0.15) is 5.75 Å². The molecule has 0 saturated heterocycles. The summed E-state index contributed by atoms with van der Waals surface area (Å²) in [7, 11) is 1.68. The highest BCUT2D eigenvalue weighted by Gasteiger charge is 2.17. The van der Waals surface area contributed by atoms with Gasteiger partial charge in [0.15, 0.2) is 5.11 Å². The van der Waals surface area contributed by atoms with Gasteiger partial charge in [-0.15, -0.1) is 0 Å². The highest BCUT2D eigenvalue weighted by molar-refractivity contribution is 7.80. The first-order valence-corrected chi connectivity index (χ1v) is 8.74. The van der Waals surface area contributed by atoms with Crippen LogP contribution in [0.1, 0.15) is 37.9 Å². The fourth-order valence-corrected chi connectivity index (χ4v) is 2.82. The van der Waals surface area contributed by atoms with Crippen LogP contribution in [0.2, 0.25) is 0 Å². The molecule has 0 spiro atoms. The lowest BCUT2D eigenvalue weighted by Crippen LogP contribution is -2.34. The molecule has 0 fully saturated rings. The highest BCUT2D eigenvalue weighted by atomic mass is 32.1. The van der Waals surface area contributed by atoms with Gasteiger partial charge in [-0.25, -0.2) is 0 Å². The standard InChI is InChI=1S/C20H26N2OS/c1-5-15-6-10-17(11-7-15)21-20(24)22-19(14(2)3)16-8-12-18(23-4)13-9-16/h6-14,19H,5H2,1-4H3,(H2,21,22,24)/t19-/m1/s1. The third-order valence-corrected chi connectivity index (χ3v) is 4.27. The Balaban J connectivity index is 2.04. The first kappa shape index (κ1) is 18.3. The monoisotopic (exact) mass is 342 g/mol. The third-order valence-electron chi connectivity index (χ3n) is 4.05. The maximum atomic E-state index is 5.49. The molecule has 0 radical (unpaired) electrons. The van der Waals surface area contributed by atoms with Crippen molar-refractivity contribution < 1.29 is 4.74 Å². The number of anilines is 1. The number of thiocarbonyl (C=S) groups is 1. The van der Waals surface area contributed by atoms with E-state index in [9.17, 15) is 0 Å². The van der Waals surface area contributed by atoms with Gasteiger partial charge in [0.05, 0.1) is 13.2 Å². The molecule has 0 heterocycles. The second-order valence-electron chi connectivity index (χ2n) is 6.14. The number of aryl methyl sites for hydroxylation is 1. The Morgan fingerprint density at radius 1 is 1.04 bits per heavy atom. The summed E-state index contributed by atoms with van der Waals surface area (Å²) >= 11 is 5.49. The van der Waals surface area contributed by atoms with Crippen LogP contribution in [0.15, 0.2) is 48.5 Å². The molecule has 0 amide bonds. The third kappa shape index (κ3) is 4.96. The van der Waals surface area contributed by atoms with Crippen molar-refractivity contribution >= 4 is 23.0 Å². The largest absolute Gasteiger partial charge is 0.497 e. The zero-order valence-corrected chi connectivity index (χ0v) is 15.6. The molecule has 2 N–H and O–H groups in total. The lowest BCUT2D eigenvalue weighted by atomic mass is 9.96. The highest BCUT2D eigenvalue weighted by Crippen LogP contribution is 2.24. The molecule has 2 aromatic carbocycles. The Kier molecular flexibility index (Phi) is 6.62. The van der Waals surface area contributed by atoms with Gasteiger partial charge < -0.3 is 15.4 Å². The maximum Gasteiger partial charge on any atom is 0.171 e. The Morgan fingerprint density at radius 2 is 1.67 bits per heavy atom. The first-order chi connectivity index (χ1) is 11.5. The second-order valence-corrected chi connectivity index (χ2v) is 6.55. The van der Waals surface area contributed by atoms with Gasteiger partial charge in [0.2, 0.25) is 0 Å². The number of nitrogens with one attached hydrogen (secondary N) is 2. The number of rotatable bonds is 6. The molecular formula is C20H26N2OS. The first-order valence-electron chi connectivity index (χ1n) is 8.34. The van der Waals surface area contributed by atoms with Crippen molar-refractivity contribution in [1.82, 2.24) is 5.32 Å². The zero-order valence-electron chi connectivity index (χ0n) is 14.8. The summed E-state index contributed by atoms with van der Waals surface area (Å²) in [5, 5.41) is 7.33. The molecule has 0 bridgehead atoms. The van der Waals surface area contributed by atoms with Crippen molar-refractivity contribution in [1.29, 1.82) is 0 Å². The molecule has 0 saturated carbocycles. The van der Waals surface area contributed by atoms with Crippen LogP contribution < -0.4 is 15.4 Å². The zero-order chi connectivity index (χ0) is 17.5. The molecule has 1 atom stereocenters. The van der Waals surface area contributed by atoms with E-state index < -0.39 is 0 Å². The van der Waals surface area contributed by atoms with Crippen molar-refractivity contribution in [3.05, 3.63) is 59.7 Å². The fourth-order valence-electron chi connectivity index (χ4n) is 2.58. The molecule has 4 heteroatoms. The van der Waals surface area contributed by atoms with Crippen LogP contribution in [-0.4, -0.2) is 12.2 Å². The quantitative estimate of drug-likeness (QED) is 0.728. The summed E-state index contributed by atoms with van der Waals surface area (Å²) in [5.41, 5.74) is 3.51.